The van der Waals surface area contributed by atoms with Crippen LogP contribution in [-0.4, -0.2) is 71.7 Å². The fourth-order valence-electron chi connectivity index (χ4n) is 3.94. The van der Waals surface area contributed by atoms with E-state index in [1.807, 2.05) is 21.1 Å². The number of rotatable bonds is 12. The molecular weight excluding hydrogens is 492 g/mol. The van der Waals surface area contributed by atoms with Gasteiger partial charge in [-0.05, 0) is 35.9 Å². The number of methoxy groups -OCH3 is 4. The molecule has 11 nitrogen and oxygen atoms in total. The molecule has 2 aromatic carbocycles. The first-order valence-electron chi connectivity index (χ1n) is 11.6. The van der Waals surface area contributed by atoms with Crippen LogP contribution in [0.25, 0.3) is 22.5 Å². The summed E-state index contributed by atoms with van der Waals surface area (Å²) in [6.07, 6.45) is 1.27. The Kier molecular flexibility index (Phi) is 8.64. The summed E-state index contributed by atoms with van der Waals surface area (Å²) in [6, 6.07) is 10.2. The Morgan fingerprint density at radius 3 is 2.00 bits per heavy atom. The minimum Gasteiger partial charge on any atom is -0.493 e. The van der Waals surface area contributed by atoms with E-state index >= 15 is 0 Å². The molecule has 1 N–H and O–H groups in total. The zero-order valence-electron chi connectivity index (χ0n) is 22.7. The van der Waals surface area contributed by atoms with Crippen LogP contribution in [0.15, 0.2) is 58.2 Å². The van der Waals surface area contributed by atoms with Gasteiger partial charge in [-0.3, -0.25) is 15.5 Å². The van der Waals surface area contributed by atoms with Crippen LogP contribution >= 0.6 is 0 Å². The van der Waals surface area contributed by atoms with Gasteiger partial charge < -0.3 is 27.8 Å². The van der Waals surface area contributed by atoms with Crippen molar-refractivity contribution >= 4 is 11.9 Å². The second-order valence-corrected chi connectivity index (χ2v) is 9.34. The van der Waals surface area contributed by atoms with Gasteiger partial charge in [-0.1, -0.05) is 12.6 Å². The lowest BCUT2D eigenvalue weighted by molar-refractivity contribution is -0.865. The molecule has 0 bridgehead atoms. The molecule has 0 saturated heterocycles. The van der Waals surface area contributed by atoms with Crippen molar-refractivity contribution in [3.63, 3.8) is 0 Å². The van der Waals surface area contributed by atoms with Gasteiger partial charge in [0.25, 0.3) is 0 Å². The van der Waals surface area contributed by atoms with Crippen molar-refractivity contribution in [2.24, 2.45) is 5.10 Å². The van der Waals surface area contributed by atoms with E-state index in [4.69, 9.17) is 23.4 Å². The molecule has 0 aliphatic carbocycles. The zero-order valence-corrected chi connectivity index (χ0v) is 22.7. The van der Waals surface area contributed by atoms with E-state index in [1.54, 1.807) is 36.4 Å². The number of hydrogen-bond donors (Lipinski definition) is 1. The Bertz CT molecular complexity index is 1360. The summed E-state index contributed by atoms with van der Waals surface area (Å²) in [5.41, 5.74) is 4.49. The van der Waals surface area contributed by atoms with Crippen molar-refractivity contribution in [3.05, 3.63) is 64.5 Å². The van der Waals surface area contributed by atoms with Gasteiger partial charge in [0.05, 0.1) is 66.4 Å². The summed E-state index contributed by atoms with van der Waals surface area (Å²) in [4.78, 5) is 11.9. The SMILES string of the molecule is C=C(C[N+](C)(C)C)N/N=C\c1oc(-c2ccc(OC)c(OC)c2)c(-c2ccc(OC)c(OC)c2)c1[N+](=O)[O-]. The maximum absolute atomic E-state index is 12.4. The van der Waals surface area contributed by atoms with Crippen molar-refractivity contribution in [2.75, 3.05) is 56.1 Å². The van der Waals surface area contributed by atoms with Crippen LogP contribution in [0.3, 0.4) is 0 Å². The Labute approximate surface area is 221 Å². The lowest BCUT2D eigenvalue weighted by Crippen LogP contribution is -2.38. The monoisotopic (exact) mass is 525 g/mol. The highest BCUT2D eigenvalue weighted by Gasteiger charge is 2.32. The van der Waals surface area contributed by atoms with Crippen molar-refractivity contribution in [3.8, 4) is 45.4 Å². The maximum atomic E-state index is 12.4. The molecule has 11 heteroatoms. The fraction of sp³-hybridized carbons (Fsp3) is 0.296. The number of likely N-dealkylation sites (N-methyl/N-ethyl adjacent to an activating group) is 1. The molecule has 0 fully saturated rings. The largest absolute Gasteiger partial charge is 0.493 e. The van der Waals surface area contributed by atoms with Crippen molar-refractivity contribution in [1.82, 2.24) is 5.43 Å². The first-order valence-corrected chi connectivity index (χ1v) is 11.6. The van der Waals surface area contributed by atoms with E-state index in [0.717, 1.165) is 0 Å². The van der Waals surface area contributed by atoms with Crippen LogP contribution in [0.1, 0.15) is 5.76 Å². The van der Waals surface area contributed by atoms with Crippen LogP contribution in [0.4, 0.5) is 5.69 Å². The first-order chi connectivity index (χ1) is 18.0. The van der Waals surface area contributed by atoms with Gasteiger partial charge >= 0.3 is 5.69 Å². The van der Waals surface area contributed by atoms with Gasteiger partial charge in [-0.25, -0.2) is 0 Å². The third kappa shape index (κ3) is 6.24. The predicted octanol–water partition coefficient (Wildman–Crippen LogP) is 4.70. The van der Waals surface area contributed by atoms with E-state index in [0.29, 0.717) is 50.8 Å². The molecule has 0 amide bonds. The number of furan rings is 1. The number of nitrogens with zero attached hydrogens (tertiary/aromatic N) is 3. The standard InChI is InChI=1S/C27H33N4O7/c1-17(16-31(2,3)4)29-28-15-24-26(30(32)33)25(18-9-11-20(34-5)22(13-18)36-7)27(38-24)19-10-12-21(35-6)23(14-19)37-8/h9-15,29H,1,16H2,2-8H3/q+1/b28-15-. The summed E-state index contributed by atoms with van der Waals surface area (Å²) >= 11 is 0. The molecule has 0 spiro atoms. The van der Waals surface area contributed by atoms with Gasteiger partial charge in [0.2, 0.25) is 5.76 Å². The molecule has 0 aliphatic rings. The number of ether oxygens (including phenoxy) is 4. The first kappa shape index (κ1) is 28.1. The molecule has 202 valence electrons. The topological polar surface area (TPSA) is 118 Å². The summed E-state index contributed by atoms with van der Waals surface area (Å²) < 4.78 is 28.3. The molecular formula is C27H33N4O7+. The Morgan fingerprint density at radius 2 is 1.50 bits per heavy atom. The fourth-order valence-corrected chi connectivity index (χ4v) is 3.94. The molecule has 0 aliphatic heterocycles. The molecule has 3 aromatic rings. The summed E-state index contributed by atoms with van der Waals surface area (Å²) in [5.74, 6) is 2.04. The normalized spacial score (nSPS) is 11.3. The van der Waals surface area contributed by atoms with Gasteiger partial charge in [0.15, 0.2) is 23.0 Å². The summed E-state index contributed by atoms with van der Waals surface area (Å²) in [7, 11) is 12.1. The highest BCUT2D eigenvalue weighted by Crippen LogP contribution is 2.46. The second-order valence-electron chi connectivity index (χ2n) is 9.34. The van der Waals surface area contributed by atoms with Crippen LogP contribution < -0.4 is 24.4 Å². The van der Waals surface area contributed by atoms with Crippen molar-refractivity contribution in [1.29, 1.82) is 0 Å². The van der Waals surface area contributed by atoms with Gasteiger partial charge in [-0.2, -0.15) is 5.10 Å². The average Bonchev–Trinajstić information content (AvgIpc) is 3.26. The minimum absolute atomic E-state index is 0.0462. The minimum atomic E-state index is -0.498. The van der Waals surface area contributed by atoms with Crippen LogP contribution in [0.5, 0.6) is 23.0 Å². The van der Waals surface area contributed by atoms with Gasteiger partial charge in [0.1, 0.15) is 17.9 Å². The highest BCUT2D eigenvalue weighted by atomic mass is 16.6. The molecule has 0 atom stereocenters. The van der Waals surface area contributed by atoms with E-state index in [1.165, 1.54) is 34.7 Å². The molecule has 0 radical (unpaired) electrons. The van der Waals surface area contributed by atoms with Crippen molar-refractivity contribution in [2.45, 2.75) is 0 Å². The molecule has 3 rings (SSSR count). The van der Waals surface area contributed by atoms with E-state index in [2.05, 4.69) is 17.1 Å². The lowest BCUT2D eigenvalue weighted by Gasteiger charge is -2.24. The third-order valence-corrected chi connectivity index (χ3v) is 5.48. The molecule has 1 aromatic heterocycles. The Morgan fingerprint density at radius 1 is 0.974 bits per heavy atom. The van der Waals surface area contributed by atoms with E-state index < -0.39 is 4.92 Å². The predicted molar refractivity (Wildman–Crippen MR) is 145 cm³/mol. The van der Waals surface area contributed by atoms with E-state index in [-0.39, 0.29) is 22.8 Å². The Hall–Kier alpha value is -4.51. The lowest BCUT2D eigenvalue weighted by atomic mass is 9.99. The smallest absolute Gasteiger partial charge is 0.324 e. The summed E-state index contributed by atoms with van der Waals surface area (Å²) in [6.45, 7) is 4.56. The zero-order chi connectivity index (χ0) is 28.0. The van der Waals surface area contributed by atoms with Crippen LogP contribution in [0.2, 0.25) is 0 Å². The van der Waals surface area contributed by atoms with E-state index in [9.17, 15) is 10.1 Å². The van der Waals surface area contributed by atoms with Crippen molar-refractivity contribution < 1.29 is 32.8 Å². The highest BCUT2D eigenvalue weighted by molar-refractivity contribution is 5.96. The number of hydrazone groups is 1. The maximum Gasteiger partial charge on any atom is 0.324 e. The number of hydrogen-bond acceptors (Lipinski definition) is 9. The Balaban J connectivity index is 2.22. The average molecular weight is 526 g/mol. The van der Waals surface area contributed by atoms with Crippen LogP contribution in [-0.2, 0) is 0 Å². The summed E-state index contributed by atoms with van der Waals surface area (Å²) in [5, 5.41) is 16.5. The number of nitro groups is 1. The number of benzene rings is 2. The molecule has 0 saturated carbocycles. The van der Waals surface area contributed by atoms with Gasteiger partial charge in [0, 0.05) is 5.56 Å². The molecule has 0 unspecified atom stereocenters. The molecule has 38 heavy (non-hydrogen) atoms. The van der Waals surface area contributed by atoms with Crippen LogP contribution in [0, 0.1) is 10.1 Å². The second kappa shape index (κ2) is 11.7. The number of quaternary nitrogens is 1. The van der Waals surface area contributed by atoms with Gasteiger partial charge in [-0.15, -0.1) is 0 Å². The third-order valence-electron chi connectivity index (χ3n) is 5.48. The quantitative estimate of drug-likeness (QED) is 0.157. The molecule has 1 heterocycles. The number of nitrogens with one attached hydrogen (secondary N) is 1.